The van der Waals surface area contributed by atoms with Crippen molar-refractivity contribution in [3.05, 3.63) is 111 Å². The smallest absolute Gasteiger partial charge is 0.259 e. The molecular formula is C33H32ClFN2O2S. The average molecular weight is 575 g/mol. The molecule has 0 aliphatic heterocycles. The molecule has 1 amide bonds. The van der Waals surface area contributed by atoms with Crippen LogP contribution in [0.4, 0.5) is 15.1 Å². The van der Waals surface area contributed by atoms with Gasteiger partial charge in [0.1, 0.15) is 23.2 Å². The third-order valence-corrected chi connectivity index (χ3v) is 8.78. The fraction of sp³-hybridized carbons (Fsp3) is 0.273. The van der Waals surface area contributed by atoms with Crippen LogP contribution >= 0.6 is 22.9 Å². The number of fused-ring (bicyclic) bond motifs is 1. The molecule has 4 aromatic rings. The Morgan fingerprint density at radius 3 is 2.52 bits per heavy atom. The van der Waals surface area contributed by atoms with Crippen molar-refractivity contribution in [2.75, 3.05) is 5.32 Å². The van der Waals surface area contributed by atoms with Crippen molar-refractivity contribution in [2.24, 2.45) is 16.3 Å². The molecule has 0 fully saturated rings. The monoisotopic (exact) mass is 574 g/mol. The summed E-state index contributed by atoms with van der Waals surface area (Å²) in [5.74, 6) is 0.760. The van der Waals surface area contributed by atoms with Gasteiger partial charge in [-0.25, -0.2) is 9.38 Å². The van der Waals surface area contributed by atoms with Crippen molar-refractivity contribution in [2.45, 2.75) is 46.6 Å². The van der Waals surface area contributed by atoms with Crippen molar-refractivity contribution >= 4 is 45.7 Å². The van der Waals surface area contributed by atoms with E-state index in [-0.39, 0.29) is 23.7 Å². The Morgan fingerprint density at radius 1 is 1.10 bits per heavy atom. The predicted molar refractivity (Wildman–Crippen MR) is 163 cm³/mol. The molecule has 1 aliphatic rings. The summed E-state index contributed by atoms with van der Waals surface area (Å²) in [7, 11) is 0. The maximum Gasteiger partial charge on any atom is 0.259 e. The third-order valence-electron chi connectivity index (χ3n) is 7.36. The van der Waals surface area contributed by atoms with Crippen LogP contribution in [-0.4, -0.2) is 12.1 Å². The number of rotatable bonds is 7. The zero-order valence-corrected chi connectivity index (χ0v) is 24.4. The van der Waals surface area contributed by atoms with Crippen molar-refractivity contribution in [3.63, 3.8) is 0 Å². The lowest BCUT2D eigenvalue weighted by Crippen LogP contribution is -2.27. The van der Waals surface area contributed by atoms with Crippen LogP contribution in [0, 0.1) is 17.2 Å². The maximum atomic E-state index is 13.9. The molecule has 206 valence electrons. The third kappa shape index (κ3) is 6.62. The number of anilines is 1. The molecule has 4 nitrogen and oxygen atoms in total. The van der Waals surface area contributed by atoms with Crippen molar-refractivity contribution in [1.29, 1.82) is 0 Å². The first-order valence-electron chi connectivity index (χ1n) is 13.4. The molecule has 0 saturated carbocycles. The summed E-state index contributed by atoms with van der Waals surface area (Å²) in [6.07, 6.45) is 4.64. The Hall–Kier alpha value is -3.48. The summed E-state index contributed by atoms with van der Waals surface area (Å²) in [6, 6.07) is 21.2. The lowest BCUT2D eigenvalue weighted by molar-refractivity contribution is 0.102. The zero-order chi connectivity index (χ0) is 28.3. The highest BCUT2D eigenvalue weighted by atomic mass is 35.5. The first-order chi connectivity index (χ1) is 19.2. The number of carbonyl (C=O) groups is 1. The van der Waals surface area contributed by atoms with Crippen LogP contribution in [0.5, 0.6) is 5.75 Å². The van der Waals surface area contributed by atoms with E-state index < -0.39 is 0 Å². The van der Waals surface area contributed by atoms with Gasteiger partial charge in [-0.05, 0) is 96.3 Å². The van der Waals surface area contributed by atoms with Gasteiger partial charge in [-0.1, -0.05) is 50.6 Å². The Kier molecular flexibility index (Phi) is 8.38. The van der Waals surface area contributed by atoms with Crippen LogP contribution in [0.2, 0.25) is 5.02 Å². The predicted octanol–water partition coefficient (Wildman–Crippen LogP) is 9.27. The first-order valence-corrected chi connectivity index (χ1v) is 14.6. The molecule has 1 atom stereocenters. The lowest BCUT2D eigenvalue weighted by Gasteiger charge is -2.33. The molecule has 3 aromatic carbocycles. The Bertz CT molecular complexity index is 1520. The molecule has 0 unspecified atom stereocenters. The molecule has 40 heavy (non-hydrogen) atoms. The quantitative estimate of drug-likeness (QED) is 0.224. The number of hydrogen-bond donors (Lipinski definition) is 1. The second kappa shape index (κ2) is 11.9. The maximum absolute atomic E-state index is 13.9. The van der Waals surface area contributed by atoms with E-state index >= 15 is 0 Å². The number of amides is 1. The molecule has 0 bridgehead atoms. The van der Waals surface area contributed by atoms with E-state index in [4.69, 9.17) is 21.3 Å². The number of aliphatic imine (C=N–C) groups is 1. The van der Waals surface area contributed by atoms with Gasteiger partial charge in [-0.15, -0.1) is 11.3 Å². The Balaban J connectivity index is 1.37. The number of halogens is 2. The SMILES string of the molecule is CC(C)(C)[C@@H]1CCc2c(sc(N=Cc3ccc(OCc4ccccc4F)cc3)c2C(=O)Nc2ccc(Cl)cc2)C1. The van der Waals surface area contributed by atoms with E-state index in [1.165, 1.54) is 10.9 Å². The fourth-order valence-corrected chi connectivity index (χ4v) is 6.32. The number of nitrogens with zero attached hydrogens (tertiary/aromatic N) is 1. The summed E-state index contributed by atoms with van der Waals surface area (Å²) >= 11 is 7.64. The van der Waals surface area contributed by atoms with E-state index in [0.29, 0.717) is 38.5 Å². The minimum absolute atomic E-state index is 0.155. The molecular weight excluding hydrogens is 543 g/mol. The van der Waals surface area contributed by atoms with Gasteiger partial charge in [-0.3, -0.25) is 4.79 Å². The summed E-state index contributed by atoms with van der Waals surface area (Å²) in [5.41, 5.74) is 4.05. The molecule has 7 heteroatoms. The molecule has 1 aromatic heterocycles. The fourth-order valence-electron chi connectivity index (χ4n) is 4.92. The van der Waals surface area contributed by atoms with E-state index in [9.17, 15) is 9.18 Å². The van der Waals surface area contributed by atoms with Crippen molar-refractivity contribution in [1.82, 2.24) is 0 Å². The zero-order valence-electron chi connectivity index (χ0n) is 22.8. The highest BCUT2D eigenvalue weighted by molar-refractivity contribution is 7.16. The second-order valence-electron chi connectivity index (χ2n) is 11.2. The van der Waals surface area contributed by atoms with Crippen LogP contribution < -0.4 is 10.1 Å². The highest BCUT2D eigenvalue weighted by Gasteiger charge is 2.33. The Morgan fingerprint density at radius 2 is 1.82 bits per heavy atom. The topological polar surface area (TPSA) is 50.7 Å². The van der Waals surface area contributed by atoms with Gasteiger partial charge in [0.2, 0.25) is 0 Å². The lowest BCUT2D eigenvalue weighted by atomic mass is 9.72. The second-order valence-corrected chi connectivity index (χ2v) is 12.7. The number of carbonyl (C=O) groups excluding carboxylic acids is 1. The largest absolute Gasteiger partial charge is 0.489 e. The van der Waals surface area contributed by atoms with Crippen molar-refractivity contribution in [3.8, 4) is 5.75 Å². The normalized spacial score (nSPS) is 15.2. The Labute approximate surface area is 243 Å². The summed E-state index contributed by atoms with van der Waals surface area (Å²) in [6.45, 7) is 7.01. The number of ether oxygens (including phenoxy) is 1. The van der Waals surface area contributed by atoms with Crippen LogP contribution in [-0.2, 0) is 19.4 Å². The minimum Gasteiger partial charge on any atom is -0.489 e. The standard InChI is InChI=1S/C33H32ClFN2O2S/c1-33(2,3)23-10-17-27-29(18-23)40-32(30(27)31(38)37-25-13-11-24(34)12-14-25)36-19-21-8-15-26(16-9-21)39-20-22-6-4-5-7-28(22)35/h4-9,11-16,19,23H,10,17-18,20H2,1-3H3,(H,37,38)/t23-/m1/s1. The number of benzene rings is 3. The number of thiophene rings is 1. The van der Waals surface area contributed by atoms with Gasteiger partial charge in [0.05, 0.1) is 5.56 Å². The molecule has 0 spiro atoms. The van der Waals surface area contributed by atoms with Gasteiger partial charge < -0.3 is 10.1 Å². The number of nitrogens with one attached hydrogen (secondary N) is 1. The molecule has 1 heterocycles. The summed E-state index contributed by atoms with van der Waals surface area (Å²) in [5, 5.41) is 4.36. The van der Waals surface area contributed by atoms with Crippen LogP contribution in [0.15, 0.2) is 77.8 Å². The van der Waals surface area contributed by atoms with Crippen LogP contribution in [0.1, 0.15) is 59.1 Å². The first kappa shape index (κ1) is 28.1. The average Bonchev–Trinajstić information content (AvgIpc) is 3.31. The van der Waals surface area contributed by atoms with Gasteiger partial charge in [-0.2, -0.15) is 0 Å². The van der Waals surface area contributed by atoms with Gasteiger partial charge in [0, 0.05) is 27.4 Å². The summed E-state index contributed by atoms with van der Waals surface area (Å²) in [4.78, 5) is 19.6. The van der Waals surface area contributed by atoms with Crippen LogP contribution in [0.25, 0.3) is 0 Å². The highest BCUT2D eigenvalue weighted by Crippen LogP contribution is 2.45. The summed E-state index contributed by atoms with van der Waals surface area (Å²) < 4.78 is 19.6. The van der Waals surface area contributed by atoms with E-state index in [0.717, 1.165) is 30.4 Å². The van der Waals surface area contributed by atoms with E-state index in [2.05, 4.69) is 26.1 Å². The molecule has 1 N–H and O–H groups in total. The molecule has 1 aliphatic carbocycles. The molecule has 0 saturated heterocycles. The minimum atomic E-state index is -0.283. The van der Waals surface area contributed by atoms with Gasteiger partial charge in [0.25, 0.3) is 5.91 Å². The molecule has 5 rings (SSSR count). The van der Waals surface area contributed by atoms with Crippen molar-refractivity contribution < 1.29 is 13.9 Å². The van der Waals surface area contributed by atoms with Gasteiger partial charge in [0.15, 0.2) is 0 Å². The van der Waals surface area contributed by atoms with Crippen LogP contribution in [0.3, 0.4) is 0 Å². The van der Waals surface area contributed by atoms with Gasteiger partial charge >= 0.3 is 0 Å². The molecule has 0 radical (unpaired) electrons. The van der Waals surface area contributed by atoms with E-state index in [1.807, 2.05) is 24.3 Å². The van der Waals surface area contributed by atoms with E-state index in [1.54, 1.807) is 60.0 Å². The number of hydrogen-bond acceptors (Lipinski definition) is 4.